The molecule has 29 heavy (non-hydrogen) atoms. The molecule has 1 aliphatic heterocycles. The van der Waals surface area contributed by atoms with E-state index in [0.717, 1.165) is 38.8 Å². The van der Waals surface area contributed by atoms with Gasteiger partial charge in [0.15, 0.2) is 5.76 Å². The third-order valence-corrected chi connectivity index (χ3v) is 5.21. The average molecular weight is 399 g/mol. The lowest BCUT2D eigenvalue weighted by Gasteiger charge is -2.30. The molecule has 1 aliphatic rings. The van der Waals surface area contributed by atoms with Crippen LogP contribution in [0.1, 0.15) is 38.3 Å². The highest BCUT2D eigenvalue weighted by Crippen LogP contribution is 2.23. The van der Waals surface area contributed by atoms with Crippen molar-refractivity contribution in [2.45, 2.75) is 45.7 Å². The molecular formula is C20H25N5O4. The quantitative estimate of drug-likeness (QED) is 0.677. The number of nitrogens with zero attached hydrogens (tertiary/aromatic N) is 4. The molecule has 0 spiro atoms. The molecule has 2 N–H and O–H groups in total. The Kier molecular flexibility index (Phi) is 5.28. The summed E-state index contributed by atoms with van der Waals surface area (Å²) < 4.78 is 13.3. The first-order valence-electron chi connectivity index (χ1n) is 9.97. The number of nitrogens with two attached hydrogens (primary N) is 1. The average Bonchev–Trinajstić information content (AvgIpc) is 3.41. The fourth-order valence-electron chi connectivity index (χ4n) is 3.78. The molecule has 0 radical (unpaired) electrons. The summed E-state index contributed by atoms with van der Waals surface area (Å²) in [5.74, 6) is 1.22. The van der Waals surface area contributed by atoms with Crippen LogP contribution in [0, 0.1) is 0 Å². The van der Waals surface area contributed by atoms with Gasteiger partial charge in [-0.3, -0.25) is 13.9 Å². The van der Waals surface area contributed by atoms with Gasteiger partial charge in [-0.1, -0.05) is 12.1 Å². The Hall–Kier alpha value is -3.23. The predicted octanol–water partition coefficient (Wildman–Crippen LogP) is 2.29. The summed E-state index contributed by atoms with van der Waals surface area (Å²) in [6, 6.07) is 5.17. The van der Waals surface area contributed by atoms with E-state index in [2.05, 4.69) is 5.16 Å². The van der Waals surface area contributed by atoms with Gasteiger partial charge in [-0.05, 0) is 37.8 Å². The van der Waals surface area contributed by atoms with Gasteiger partial charge in [0.2, 0.25) is 5.76 Å². The Morgan fingerprint density at radius 3 is 2.62 bits per heavy atom. The highest BCUT2D eigenvalue weighted by Gasteiger charge is 2.24. The zero-order valence-electron chi connectivity index (χ0n) is 16.5. The molecule has 4 heterocycles. The largest absolute Gasteiger partial charge is 0.461 e. The Balaban J connectivity index is 1.77. The topological polar surface area (TPSA) is 112 Å². The minimum atomic E-state index is -0.433. The maximum absolute atomic E-state index is 13.3. The standard InChI is InChI=1S/C20H25N5O4/c1-2-8-24-18(21)17(23-9-4-3-5-10-23)19(26)25(20(24)27)13-14-12-16(29-22-14)15-7-6-11-28-15/h6-7,11-12H,2-5,8-10,13,21H2,1H3. The number of rotatable bonds is 6. The monoisotopic (exact) mass is 399 g/mol. The number of piperidine rings is 1. The van der Waals surface area contributed by atoms with E-state index in [4.69, 9.17) is 14.7 Å². The highest BCUT2D eigenvalue weighted by atomic mass is 16.5. The maximum Gasteiger partial charge on any atom is 0.333 e. The van der Waals surface area contributed by atoms with Gasteiger partial charge in [0.05, 0.1) is 12.8 Å². The van der Waals surface area contributed by atoms with Gasteiger partial charge in [0, 0.05) is 25.7 Å². The van der Waals surface area contributed by atoms with Gasteiger partial charge in [-0.15, -0.1) is 0 Å². The van der Waals surface area contributed by atoms with Crippen molar-refractivity contribution < 1.29 is 8.94 Å². The first-order valence-corrected chi connectivity index (χ1v) is 9.97. The molecule has 1 saturated heterocycles. The number of hydrogen-bond acceptors (Lipinski definition) is 7. The molecule has 154 valence electrons. The van der Waals surface area contributed by atoms with Crippen LogP contribution in [0.15, 0.2) is 43.0 Å². The van der Waals surface area contributed by atoms with E-state index in [1.165, 1.54) is 15.4 Å². The molecule has 1 fully saturated rings. The minimum Gasteiger partial charge on any atom is -0.461 e. The lowest BCUT2D eigenvalue weighted by atomic mass is 10.1. The molecule has 0 saturated carbocycles. The molecule has 9 nitrogen and oxygen atoms in total. The number of aromatic nitrogens is 3. The molecule has 4 rings (SSSR count). The van der Waals surface area contributed by atoms with Gasteiger partial charge in [-0.2, -0.15) is 0 Å². The van der Waals surface area contributed by atoms with Gasteiger partial charge in [0.25, 0.3) is 5.56 Å². The van der Waals surface area contributed by atoms with E-state index >= 15 is 0 Å². The van der Waals surface area contributed by atoms with Crippen molar-refractivity contribution in [2.75, 3.05) is 23.7 Å². The van der Waals surface area contributed by atoms with E-state index in [1.54, 1.807) is 18.2 Å². The van der Waals surface area contributed by atoms with Crippen LogP contribution in [0.25, 0.3) is 11.5 Å². The predicted molar refractivity (Wildman–Crippen MR) is 109 cm³/mol. The van der Waals surface area contributed by atoms with Gasteiger partial charge in [-0.25, -0.2) is 4.79 Å². The first-order chi connectivity index (χ1) is 14.1. The van der Waals surface area contributed by atoms with E-state index in [0.29, 0.717) is 29.4 Å². The number of anilines is 2. The fraction of sp³-hybridized carbons (Fsp3) is 0.450. The summed E-state index contributed by atoms with van der Waals surface area (Å²) in [6.45, 7) is 3.94. The molecule has 0 amide bonds. The van der Waals surface area contributed by atoms with Gasteiger partial charge in [0.1, 0.15) is 17.2 Å². The Labute approximate surface area is 167 Å². The molecule has 0 unspecified atom stereocenters. The lowest BCUT2D eigenvalue weighted by Crippen LogP contribution is -2.46. The molecule has 9 heteroatoms. The van der Waals surface area contributed by atoms with Crippen molar-refractivity contribution in [3.05, 3.63) is 51.0 Å². The summed E-state index contributed by atoms with van der Waals surface area (Å²) in [6.07, 6.45) is 5.40. The van der Waals surface area contributed by atoms with Crippen LogP contribution in [0.4, 0.5) is 11.5 Å². The van der Waals surface area contributed by atoms with Gasteiger partial charge < -0.3 is 19.6 Å². The van der Waals surface area contributed by atoms with Crippen LogP contribution < -0.4 is 21.9 Å². The summed E-state index contributed by atoms with van der Waals surface area (Å²) in [5.41, 5.74) is 6.35. The van der Waals surface area contributed by atoms with Crippen LogP contribution in [-0.2, 0) is 13.1 Å². The van der Waals surface area contributed by atoms with E-state index in [-0.39, 0.29) is 17.9 Å². The smallest absolute Gasteiger partial charge is 0.333 e. The Morgan fingerprint density at radius 1 is 1.14 bits per heavy atom. The van der Waals surface area contributed by atoms with Crippen LogP contribution in [0.5, 0.6) is 0 Å². The van der Waals surface area contributed by atoms with Crippen molar-refractivity contribution in [1.29, 1.82) is 0 Å². The van der Waals surface area contributed by atoms with Crippen LogP contribution in [-0.4, -0.2) is 27.4 Å². The molecule has 0 aromatic carbocycles. The van der Waals surface area contributed by atoms with Crippen molar-refractivity contribution in [1.82, 2.24) is 14.3 Å². The normalized spacial score (nSPS) is 14.4. The van der Waals surface area contributed by atoms with Crippen molar-refractivity contribution >= 4 is 11.5 Å². The van der Waals surface area contributed by atoms with E-state index in [1.807, 2.05) is 11.8 Å². The third kappa shape index (κ3) is 3.59. The van der Waals surface area contributed by atoms with Crippen molar-refractivity contribution in [2.24, 2.45) is 0 Å². The SMILES string of the molecule is CCCn1c(N)c(N2CCCCC2)c(=O)n(Cc2cc(-c3ccco3)on2)c1=O. The molecular weight excluding hydrogens is 374 g/mol. The molecule has 0 aliphatic carbocycles. The summed E-state index contributed by atoms with van der Waals surface area (Å²) in [4.78, 5) is 28.3. The van der Waals surface area contributed by atoms with Crippen LogP contribution in [0.2, 0.25) is 0 Å². The molecule has 3 aromatic heterocycles. The molecule has 0 bridgehead atoms. The second-order valence-corrected chi connectivity index (χ2v) is 7.27. The molecule has 3 aromatic rings. The number of nitrogen functional groups attached to an aromatic ring is 1. The lowest BCUT2D eigenvalue weighted by molar-refractivity contribution is 0.407. The highest BCUT2D eigenvalue weighted by molar-refractivity contribution is 5.63. The summed E-state index contributed by atoms with van der Waals surface area (Å²) in [5, 5.41) is 4.00. The second kappa shape index (κ2) is 8.02. The van der Waals surface area contributed by atoms with Crippen molar-refractivity contribution in [3.63, 3.8) is 0 Å². The summed E-state index contributed by atoms with van der Waals surface area (Å²) >= 11 is 0. The molecule has 0 atom stereocenters. The zero-order valence-corrected chi connectivity index (χ0v) is 16.5. The van der Waals surface area contributed by atoms with Crippen molar-refractivity contribution in [3.8, 4) is 11.5 Å². The number of furan rings is 1. The fourth-order valence-corrected chi connectivity index (χ4v) is 3.78. The first kappa shape index (κ1) is 19.1. The Morgan fingerprint density at radius 2 is 1.93 bits per heavy atom. The minimum absolute atomic E-state index is 0.00666. The third-order valence-electron chi connectivity index (χ3n) is 5.21. The van der Waals surface area contributed by atoms with Crippen LogP contribution in [0.3, 0.4) is 0 Å². The second-order valence-electron chi connectivity index (χ2n) is 7.27. The maximum atomic E-state index is 13.3. The van der Waals surface area contributed by atoms with Crippen LogP contribution >= 0.6 is 0 Å². The number of hydrogen-bond donors (Lipinski definition) is 1. The van der Waals surface area contributed by atoms with E-state index < -0.39 is 5.69 Å². The van der Waals surface area contributed by atoms with Gasteiger partial charge >= 0.3 is 5.69 Å². The van der Waals surface area contributed by atoms with E-state index in [9.17, 15) is 9.59 Å². The zero-order chi connectivity index (χ0) is 20.4. The Bertz CT molecular complexity index is 1090. The summed E-state index contributed by atoms with van der Waals surface area (Å²) in [7, 11) is 0.